The average molecular weight is 259 g/mol. The van der Waals surface area contributed by atoms with Gasteiger partial charge in [0.1, 0.15) is 0 Å². The van der Waals surface area contributed by atoms with E-state index in [-0.39, 0.29) is 9.28 Å². The highest BCUT2D eigenvalue weighted by Gasteiger charge is 2.35. The first kappa shape index (κ1) is 14.5. The second-order valence-electron chi connectivity index (χ2n) is 6.52. The molecule has 0 aromatic rings. The molecular weight excluding hydrogens is 228 g/mol. The quantitative estimate of drug-likeness (QED) is 0.662. The molecule has 1 saturated heterocycles. The van der Waals surface area contributed by atoms with Crippen LogP contribution in [0.2, 0.25) is 18.1 Å². The number of hydrogen-bond acceptors (Lipinski definition) is 1. The van der Waals surface area contributed by atoms with Gasteiger partial charge in [0.05, 0.1) is 7.59 Å². The minimum absolute atomic E-state index is 0.131. The molecule has 0 radical (unpaired) electrons. The van der Waals surface area contributed by atoms with Gasteiger partial charge in [-0.25, -0.2) is 0 Å². The molecule has 1 aliphatic rings. The largest absolute Gasteiger partial charge is 0.427 e. The maximum Gasteiger partial charge on any atom is 0.151 e. The third-order valence-electron chi connectivity index (χ3n) is 3.91. The summed E-state index contributed by atoms with van der Waals surface area (Å²) in [5, 5.41) is 0. The van der Waals surface area contributed by atoms with Crippen LogP contribution in [0.4, 0.5) is 0 Å². The normalized spacial score (nSPS) is 22.1. The molecule has 3 heteroatoms. The van der Waals surface area contributed by atoms with Crippen molar-refractivity contribution in [3.8, 4) is 0 Å². The molecule has 0 amide bonds. The van der Waals surface area contributed by atoms with Crippen molar-refractivity contribution in [2.75, 3.05) is 6.61 Å². The first-order valence-electron chi connectivity index (χ1n) is 7.12. The highest BCUT2D eigenvalue weighted by Crippen LogP contribution is 2.31. The van der Waals surface area contributed by atoms with E-state index in [4.69, 9.17) is 4.43 Å². The van der Waals surface area contributed by atoms with Gasteiger partial charge < -0.3 is 4.43 Å². The summed E-state index contributed by atoms with van der Waals surface area (Å²) >= 11 is 0. The zero-order valence-electron chi connectivity index (χ0n) is 11.7. The van der Waals surface area contributed by atoms with E-state index in [1.165, 1.54) is 19.3 Å². The number of hydrogen-bond donors (Lipinski definition) is 0. The molecule has 0 bridgehead atoms. The van der Waals surface area contributed by atoms with Gasteiger partial charge in [-0.05, 0) is 18.3 Å². The highest BCUT2D eigenvalue weighted by atomic mass is 29.2. The van der Waals surface area contributed by atoms with Crippen molar-refractivity contribution in [2.24, 2.45) is 11.8 Å². The maximum absolute atomic E-state index is 5.95. The molecule has 0 spiro atoms. The van der Waals surface area contributed by atoms with E-state index in [1.54, 1.807) is 18.1 Å². The molecule has 0 saturated carbocycles. The van der Waals surface area contributed by atoms with Crippen LogP contribution < -0.4 is 0 Å². The lowest BCUT2D eigenvalue weighted by Crippen LogP contribution is -2.46. The molecular formula is C13H30OSi2. The van der Waals surface area contributed by atoms with Crippen LogP contribution in [-0.2, 0) is 4.43 Å². The van der Waals surface area contributed by atoms with Crippen molar-refractivity contribution in [2.45, 2.75) is 65.1 Å². The fraction of sp³-hybridized carbons (Fsp3) is 1.00. The van der Waals surface area contributed by atoms with E-state index in [0.29, 0.717) is 0 Å². The smallest absolute Gasteiger partial charge is 0.151 e. The van der Waals surface area contributed by atoms with Gasteiger partial charge in [-0.3, -0.25) is 0 Å². The van der Waals surface area contributed by atoms with E-state index in [9.17, 15) is 0 Å². The summed E-state index contributed by atoms with van der Waals surface area (Å²) in [5.41, 5.74) is 0. The van der Waals surface area contributed by atoms with E-state index in [2.05, 4.69) is 27.7 Å². The van der Waals surface area contributed by atoms with Crippen molar-refractivity contribution in [3.63, 3.8) is 0 Å². The Balaban J connectivity index is 2.45. The zero-order chi connectivity index (χ0) is 12.0. The predicted molar refractivity (Wildman–Crippen MR) is 78.2 cm³/mol. The molecule has 0 aromatic carbocycles. The molecule has 16 heavy (non-hydrogen) atoms. The lowest BCUT2D eigenvalue weighted by atomic mass is 10.2. The fourth-order valence-electron chi connectivity index (χ4n) is 2.62. The van der Waals surface area contributed by atoms with Gasteiger partial charge in [-0.1, -0.05) is 58.7 Å². The third kappa shape index (κ3) is 5.15. The van der Waals surface area contributed by atoms with Crippen LogP contribution in [-0.4, -0.2) is 23.5 Å². The molecule has 0 aromatic heterocycles. The van der Waals surface area contributed by atoms with Crippen LogP contribution in [0.3, 0.4) is 0 Å². The zero-order valence-corrected chi connectivity index (χ0v) is 14.1. The van der Waals surface area contributed by atoms with Gasteiger partial charge in [-0.15, -0.1) is 0 Å². The lowest BCUT2D eigenvalue weighted by Gasteiger charge is -2.36. The van der Waals surface area contributed by atoms with Gasteiger partial charge in [-0.2, -0.15) is 0 Å². The minimum atomic E-state index is -0.892. The van der Waals surface area contributed by atoms with Crippen molar-refractivity contribution < 1.29 is 4.43 Å². The Morgan fingerprint density at radius 1 is 1.06 bits per heavy atom. The summed E-state index contributed by atoms with van der Waals surface area (Å²) in [7, 11) is -1.02. The SMILES string of the molecule is CC(C)CC[Si]1(CCC(C)C)CCCO[SiH2]1. The summed E-state index contributed by atoms with van der Waals surface area (Å²) in [6.07, 6.45) is 4.29. The molecule has 1 fully saturated rings. The molecule has 0 atom stereocenters. The summed E-state index contributed by atoms with van der Waals surface area (Å²) < 4.78 is 5.95. The van der Waals surface area contributed by atoms with E-state index >= 15 is 0 Å². The number of rotatable bonds is 6. The first-order chi connectivity index (χ1) is 7.54. The highest BCUT2D eigenvalue weighted by molar-refractivity contribution is 7.22. The second-order valence-corrected chi connectivity index (χ2v) is 17.1. The van der Waals surface area contributed by atoms with Crippen molar-refractivity contribution in [3.05, 3.63) is 0 Å². The monoisotopic (exact) mass is 258 g/mol. The van der Waals surface area contributed by atoms with Crippen LogP contribution in [0.1, 0.15) is 47.0 Å². The maximum atomic E-state index is 5.95. The second kappa shape index (κ2) is 6.97. The van der Waals surface area contributed by atoms with E-state index in [1.807, 2.05) is 0 Å². The average Bonchev–Trinajstić information content (AvgIpc) is 2.25. The Hall–Kier alpha value is 0.394. The summed E-state index contributed by atoms with van der Waals surface area (Å²) in [6.45, 7) is 10.6. The Kier molecular flexibility index (Phi) is 6.30. The van der Waals surface area contributed by atoms with Crippen molar-refractivity contribution >= 4 is 16.9 Å². The van der Waals surface area contributed by atoms with Gasteiger partial charge in [0, 0.05) is 6.61 Å². The van der Waals surface area contributed by atoms with Crippen molar-refractivity contribution in [1.82, 2.24) is 0 Å². The van der Waals surface area contributed by atoms with E-state index in [0.717, 1.165) is 18.4 Å². The van der Waals surface area contributed by atoms with Crippen LogP contribution in [0.5, 0.6) is 0 Å². The molecule has 0 N–H and O–H groups in total. The van der Waals surface area contributed by atoms with Crippen molar-refractivity contribution in [1.29, 1.82) is 0 Å². The van der Waals surface area contributed by atoms with Gasteiger partial charge in [0.2, 0.25) is 0 Å². The minimum Gasteiger partial charge on any atom is -0.427 e. The van der Waals surface area contributed by atoms with Crippen LogP contribution in [0.25, 0.3) is 0 Å². The molecule has 1 heterocycles. The van der Waals surface area contributed by atoms with E-state index < -0.39 is 7.59 Å². The Bertz CT molecular complexity index is 172. The molecule has 1 nitrogen and oxygen atoms in total. The Labute approximate surface area is 105 Å². The molecule has 96 valence electrons. The van der Waals surface area contributed by atoms with Gasteiger partial charge >= 0.3 is 0 Å². The first-order valence-corrected chi connectivity index (χ1v) is 12.6. The Morgan fingerprint density at radius 2 is 1.62 bits per heavy atom. The van der Waals surface area contributed by atoms with Crippen LogP contribution >= 0.6 is 0 Å². The van der Waals surface area contributed by atoms with Crippen LogP contribution in [0, 0.1) is 11.8 Å². The summed E-state index contributed by atoms with van der Waals surface area (Å²) in [4.78, 5) is 0. The standard InChI is InChI=1S/C13H30OSi2/c1-12(2)6-10-16(11-7-13(3)4)9-5-8-14-15-16/h12-13H,5-11,15H2,1-4H3. The molecule has 0 unspecified atom stereocenters. The topological polar surface area (TPSA) is 9.23 Å². The Morgan fingerprint density at radius 3 is 2.00 bits per heavy atom. The van der Waals surface area contributed by atoms with Crippen LogP contribution in [0.15, 0.2) is 0 Å². The summed E-state index contributed by atoms with van der Waals surface area (Å²) in [5.74, 6) is 1.78. The predicted octanol–water partition coefficient (Wildman–Crippen LogP) is 3.53. The molecule has 1 aliphatic heterocycles. The third-order valence-corrected chi connectivity index (χ3v) is 14.8. The van der Waals surface area contributed by atoms with Gasteiger partial charge in [0.25, 0.3) is 0 Å². The van der Waals surface area contributed by atoms with Gasteiger partial charge in [0.15, 0.2) is 9.28 Å². The lowest BCUT2D eigenvalue weighted by molar-refractivity contribution is 0.332. The summed E-state index contributed by atoms with van der Waals surface area (Å²) in [6, 6.07) is 4.74. The molecule has 1 rings (SSSR count). The fourth-order valence-corrected chi connectivity index (χ4v) is 12.9. The molecule has 0 aliphatic carbocycles.